The Balaban J connectivity index is 1.38. The molecule has 1 saturated carbocycles. The first-order chi connectivity index (χ1) is 16.9. The lowest BCUT2D eigenvalue weighted by Gasteiger charge is -2.36. The van der Waals surface area contributed by atoms with Crippen molar-refractivity contribution >= 4 is 51.2 Å². The van der Waals surface area contributed by atoms with Gasteiger partial charge in [0.25, 0.3) is 0 Å². The zero-order valence-corrected chi connectivity index (χ0v) is 20.6. The molecule has 2 aromatic heterocycles. The van der Waals surface area contributed by atoms with Crippen molar-refractivity contribution in [3.8, 4) is 0 Å². The summed E-state index contributed by atoms with van der Waals surface area (Å²) in [4.78, 5) is 34.4. The van der Waals surface area contributed by atoms with Crippen LogP contribution in [0.3, 0.4) is 0 Å². The molecule has 0 bridgehead atoms. The Morgan fingerprint density at radius 3 is 2.60 bits per heavy atom. The molecule has 1 aliphatic carbocycles. The molecular formula is C24H24ClFN4O4S. The van der Waals surface area contributed by atoms with Gasteiger partial charge in [0, 0.05) is 50.3 Å². The minimum Gasteiger partial charge on any atom is -0.477 e. The molecule has 5 rings (SSSR count). The molecule has 0 amide bonds. The van der Waals surface area contributed by atoms with E-state index >= 15 is 4.39 Å². The summed E-state index contributed by atoms with van der Waals surface area (Å²) >= 11 is 7.52. The summed E-state index contributed by atoms with van der Waals surface area (Å²) in [6, 6.07) is 6.76. The van der Waals surface area contributed by atoms with Crippen molar-refractivity contribution in [1.82, 2.24) is 9.47 Å². The van der Waals surface area contributed by atoms with Gasteiger partial charge in [0.2, 0.25) is 5.43 Å². The van der Waals surface area contributed by atoms with E-state index in [1.807, 2.05) is 21.6 Å². The smallest absolute Gasteiger partial charge is 0.341 e. The quantitative estimate of drug-likeness (QED) is 0.375. The Kier molecular flexibility index (Phi) is 6.52. The third-order valence-electron chi connectivity index (χ3n) is 6.42. The SMILES string of the molecule is CO/N=C(/CN1CCN(c2cc3c(cc2F)c(=O)c(C(=O)O)cn3C2CC2)CC1)c1ccc(Cl)s1. The highest BCUT2D eigenvalue weighted by molar-refractivity contribution is 7.18. The Morgan fingerprint density at radius 1 is 1.26 bits per heavy atom. The molecule has 0 spiro atoms. The van der Waals surface area contributed by atoms with Crippen LogP contribution in [-0.4, -0.2) is 66.1 Å². The van der Waals surface area contributed by atoms with Crippen LogP contribution in [-0.2, 0) is 4.84 Å². The first-order valence-corrected chi connectivity index (χ1v) is 12.5. The third-order valence-corrected chi connectivity index (χ3v) is 7.70. The number of fused-ring (bicyclic) bond motifs is 1. The summed E-state index contributed by atoms with van der Waals surface area (Å²) in [5, 5.41) is 13.7. The molecule has 2 fully saturated rings. The van der Waals surface area contributed by atoms with Crippen LogP contribution in [0.1, 0.15) is 34.1 Å². The average Bonchev–Trinajstić information content (AvgIpc) is 3.59. The molecule has 3 heterocycles. The monoisotopic (exact) mass is 518 g/mol. The van der Waals surface area contributed by atoms with Crippen molar-refractivity contribution in [2.75, 3.05) is 44.7 Å². The number of hydrogen-bond acceptors (Lipinski definition) is 7. The molecule has 1 aromatic carbocycles. The van der Waals surface area contributed by atoms with Crippen molar-refractivity contribution in [2.45, 2.75) is 18.9 Å². The van der Waals surface area contributed by atoms with E-state index in [1.165, 1.54) is 30.7 Å². The molecule has 0 radical (unpaired) electrons. The van der Waals surface area contributed by atoms with E-state index in [4.69, 9.17) is 16.4 Å². The molecule has 0 unspecified atom stereocenters. The number of pyridine rings is 1. The molecule has 184 valence electrons. The third kappa shape index (κ3) is 4.78. The number of piperazine rings is 1. The van der Waals surface area contributed by atoms with Gasteiger partial charge in [-0.2, -0.15) is 0 Å². The fraction of sp³-hybridized carbons (Fsp3) is 0.375. The van der Waals surface area contributed by atoms with Gasteiger partial charge in [0.1, 0.15) is 24.2 Å². The molecule has 1 saturated heterocycles. The van der Waals surface area contributed by atoms with E-state index < -0.39 is 17.2 Å². The highest BCUT2D eigenvalue weighted by atomic mass is 35.5. The summed E-state index contributed by atoms with van der Waals surface area (Å²) in [6.07, 6.45) is 3.21. The van der Waals surface area contributed by atoms with Crippen LogP contribution in [0.2, 0.25) is 4.34 Å². The fourth-order valence-electron chi connectivity index (χ4n) is 4.50. The van der Waals surface area contributed by atoms with Crippen LogP contribution in [0.25, 0.3) is 10.9 Å². The zero-order valence-electron chi connectivity index (χ0n) is 19.0. The number of hydrogen-bond donors (Lipinski definition) is 1. The molecule has 3 aromatic rings. The van der Waals surface area contributed by atoms with E-state index in [0.29, 0.717) is 48.3 Å². The first kappa shape index (κ1) is 23.8. The van der Waals surface area contributed by atoms with Crippen LogP contribution in [0.4, 0.5) is 10.1 Å². The maximum atomic E-state index is 15.2. The maximum Gasteiger partial charge on any atom is 0.341 e. The topological polar surface area (TPSA) is 87.4 Å². The van der Waals surface area contributed by atoms with Gasteiger partial charge >= 0.3 is 5.97 Å². The molecular weight excluding hydrogens is 495 g/mol. The maximum absolute atomic E-state index is 15.2. The van der Waals surface area contributed by atoms with E-state index in [0.717, 1.165) is 23.4 Å². The summed E-state index contributed by atoms with van der Waals surface area (Å²) < 4.78 is 17.7. The number of thiophene rings is 1. The van der Waals surface area contributed by atoms with Crippen LogP contribution in [0.5, 0.6) is 0 Å². The number of anilines is 1. The summed E-state index contributed by atoms with van der Waals surface area (Å²) in [6.45, 7) is 3.14. The second-order valence-electron chi connectivity index (χ2n) is 8.72. The number of aromatic carboxylic acids is 1. The van der Waals surface area contributed by atoms with E-state index in [1.54, 1.807) is 6.07 Å². The number of benzene rings is 1. The highest BCUT2D eigenvalue weighted by Crippen LogP contribution is 2.38. The highest BCUT2D eigenvalue weighted by Gasteiger charge is 2.29. The van der Waals surface area contributed by atoms with Gasteiger partial charge in [0.05, 0.1) is 20.4 Å². The number of nitrogens with zero attached hydrogens (tertiary/aromatic N) is 4. The second kappa shape index (κ2) is 9.60. The lowest BCUT2D eigenvalue weighted by molar-refractivity contribution is 0.0695. The number of aromatic nitrogens is 1. The van der Waals surface area contributed by atoms with Crippen LogP contribution >= 0.6 is 22.9 Å². The van der Waals surface area contributed by atoms with Gasteiger partial charge in [0.15, 0.2) is 0 Å². The van der Waals surface area contributed by atoms with Crippen LogP contribution in [0, 0.1) is 5.82 Å². The largest absolute Gasteiger partial charge is 0.477 e. The molecule has 1 N–H and O–H groups in total. The zero-order chi connectivity index (χ0) is 24.7. The normalized spacial score (nSPS) is 17.2. The summed E-state index contributed by atoms with van der Waals surface area (Å²) in [5.41, 5.74) is 0.803. The second-order valence-corrected chi connectivity index (χ2v) is 10.4. The molecule has 8 nitrogen and oxygen atoms in total. The summed E-state index contributed by atoms with van der Waals surface area (Å²) in [7, 11) is 1.51. The van der Waals surface area contributed by atoms with Crippen molar-refractivity contribution in [3.63, 3.8) is 0 Å². The molecule has 2 aliphatic rings. The van der Waals surface area contributed by atoms with Gasteiger partial charge in [-0.05, 0) is 37.1 Å². The van der Waals surface area contributed by atoms with Gasteiger partial charge < -0.3 is 19.4 Å². The fourth-order valence-corrected chi connectivity index (χ4v) is 5.51. The van der Waals surface area contributed by atoms with Gasteiger partial charge in [-0.3, -0.25) is 9.69 Å². The van der Waals surface area contributed by atoms with Crippen molar-refractivity contribution in [3.05, 3.63) is 61.3 Å². The Morgan fingerprint density at radius 2 is 2.00 bits per heavy atom. The van der Waals surface area contributed by atoms with Gasteiger partial charge in [-0.15, -0.1) is 11.3 Å². The lowest BCUT2D eigenvalue weighted by Crippen LogP contribution is -2.48. The van der Waals surface area contributed by atoms with Crippen LogP contribution in [0.15, 0.2) is 40.4 Å². The predicted octanol–water partition coefficient (Wildman–Crippen LogP) is 4.06. The molecule has 1 aliphatic heterocycles. The number of carboxylic acids is 1. The van der Waals surface area contributed by atoms with E-state index in [2.05, 4.69) is 10.1 Å². The van der Waals surface area contributed by atoms with Crippen LogP contribution < -0.4 is 10.3 Å². The van der Waals surface area contributed by atoms with Crippen molar-refractivity contribution < 1.29 is 19.1 Å². The van der Waals surface area contributed by atoms with Crippen molar-refractivity contribution in [1.29, 1.82) is 0 Å². The minimum atomic E-state index is -1.30. The van der Waals surface area contributed by atoms with E-state index in [-0.39, 0.29) is 17.0 Å². The lowest BCUT2D eigenvalue weighted by atomic mass is 10.1. The Hall–Kier alpha value is -2.95. The standard InChI is InChI=1S/C24H24ClFN4O4S/c1-34-27-18(21-4-5-22(25)35-21)13-28-6-8-29(9-7-28)20-11-19-15(10-17(20)26)23(31)16(24(32)33)12-30(19)14-2-3-14/h4-5,10-12,14H,2-3,6-9,13H2,1H3,(H,32,33)/b27-18-. The first-order valence-electron chi connectivity index (χ1n) is 11.3. The van der Waals surface area contributed by atoms with Crippen molar-refractivity contribution in [2.24, 2.45) is 5.16 Å². The number of oxime groups is 1. The number of rotatable bonds is 7. The average molecular weight is 519 g/mol. The van der Waals surface area contributed by atoms with Gasteiger partial charge in [-0.25, -0.2) is 9.18 Å². The Labute approximate surface area is 209 Å². The number of halogens is 2. The molecule has 35 heavy (non-hydrogen) atoms. The van der Waals surface area contributed by atoms with E-state index in [9.17, 15) is 14.7 Å². The number of carbonyl (C=O) groups is 1. The molecule has 11 heteroatoms. The summed E-state index contributed by atoms with van der Waals surface area (Å²) in [5.74, 6) is -1.82. The predicted molar refractivity (Wildman–Crippen MR) is 135 cm³/mol. The Bertz CT molecular complexity index is 1380. The molecule has 0 atom stereocenters. The minimum absolute atomic E-state index is 0.103. The number of carboxylic acid groups (broad SMARTS) is 1. The van der Waals surface area contributed by atoms with Gasteiger partial charge in [-0.1, -0.05) is 16.8 Å².